The third-order valence-electron chi connectivity index (χ3n) is 3.84. The van der Waals surface area contributed by atoms with Crippen molar-refractivity contribution in [3.05, 3.63) is 18.2 Å². The number of rotatable bonds is 6. The van der Waals surface area contributed by atoms with Crippen molar-refractivity contribution in [1.29, 1.82) is 0 Å². The van der Waals surface area contributed by atoms with Crippen molar-refractivity contribution >= 4 is 5.95 Å². The van der Waals surface area contributed by atoms with E-state index in [2.05, 4.69) is 22.2 Å². The smallest absolute Gasteiger partial charge is 0.222 e. The van der Waals surface area contributed by atoms with Gasteiger partial charge in [0.05, 0.1) is 12.2 Å². The molecule has 0 saturated carbocycles. The van der Waals surface area contributed by atoms with Crippen LogP contribution in [0.5, 0.6) is 0 Å². The molecule has 1 N–H and O–H groups in total. The van der Waals surface area contributed by atoms with E-state index in [0.717, 1.165) is 49.6 Å². The lowest BCUT2D eigenvalue weighted by Gasteiger charge is -2.05. The summed E-state index contributed by atoms with van der Waals surface area (Å²) in [5, 5.41) is 7.63. The highest BCUT2D eigenvalue weighted by molar-refractivity contribution is 5.53. The zero-order valence-corrected chi connectivity index (χ0v) is 13.1. The first-order valence-electron chi connectivity index (χ1n) is 7.84. The Kier molecular flexibility index (Phi) is 4.62. The Morgan fingerprint density at radius 2 is 2.18 bits per heavy atom. The van der Waals surface area contributed by atoms with Crippen molar-refractivity contribution in [3.63, 3.8) is 0 Å². The molecule has 1 fully saturated rings. The number of ether oxygens (including phenoxy) is 1. The molecule has 1 atom stereocenters. The highest BCUT2D eigenvalue weighted by Crippen LogP contribution is 2.25. The summed E-state index contributed by atoms with van der Waals surface area (Å²) in [4.78, 5) is 13.3. The molecule has 0 aliphatic carbocycles. The first-order chi connectivity index (χ1) is 10.8. The van der Waals surface area contributed by atoms with E-state index in [1.165, 1.54) is 0 Å². The first-order valence-corrected chi connectivity index (χ1v) is 7.84. The number of aryl methyl sites for hydroxylation is 1. The molecule has 118 valence electrons. The van der Waals surface area contributed by atoms with Crippen LogP contribution in [-0.2, 0) is 11.3 Å². The zero-order chi connectivity index (χ0) is 15.4. The average molecular weight is 302 g/mol. The van der Waals surface area contributed by atoms with Crippen LogP contribution in [0.15, 0.2) is 12.4 Å². The predicted octanol–water partition coefficient (Wildman–Crippen LogP) is 2.08. The van der Waals surface area contributed by atoms with Crippen molar-refractivity contribution in [2.45, 2.75) is 38.6 Å². The third-order valence-corrected chi connectivity index (χ3v) is 3.84. The minimum atomic E-state index is 0.305. The first kappa shape index (κ1) is 14.9. The summed E-state index contributed by atoms with van der Waals surface area (Å²) in [6.45, 7) is 4.54. The number of anilines is 1. The minimum absolute atomic E-state index is 0.305. The normalized spacial score (nSPS) is 17.8. The number of hydrogen-bond acceptors (Lipinski definition) is 6. The number of unbranched alkanes of at least 4 members (excludes halogenated alkanes) is 1. The fourth-order valence-electron chi connectivity index (χ4n) is 2.52. The Hall–Kier alpha value is -2.02. The number of aromatic nitrogens is 5. The molecule has 1 saturated heterocycles. The molecule has 0 spiro atoms. The van der Waals surface area contributed by atoms with Gasteiger partial charge in [-0.1, -0.05) is 13.3 Å². The summed E-state index contributed by atoms with van der Waals surface area (Å²) in [5.41, 5.74) is 0.896. The van der Waals surface area contributed by atoms with Gasteiger partial charge in [-0.2, -0.15) is 5.10 Å². The predicted molar refractivity (Wildman–Crippen MR) is 83.7 cm³/mol. The molecule has 22 heavy (non-hydrogen) atoms. The van der Waals surface area contributed by atoms with Crippen LogP contribution in [0.1, 0.15) is 37.9 Å². The fraction of sp³-hybridized carbons (Fsp3) is 0.600. The second-order valence-electron chi connectivity index (χ2n) is 5.48. The molecule has 2 aromatic rings. The molecule has 7 nitrogen and oxygen atoms in total. The van der Waals surface area contributed by atoms with E-state index in [1.54, 1.807) is 19.4 Å². The van der Waals surface area contributed by atoms with Gasteiger partial charge in [0.15, 0.2) is 11.6 Å². The van der Waals surface area contributed by atoms with Gasteiger partial charge in [-0.15, -0.1) is 0 Å². The monoisotopic (exact) mass is 302 g/mol. The lowest BCUT2D eigenvalue weighted by Crippen LogP contribution is -2.05. The van der Waals surface area contributed by atoms with E-state index in [9.17, 15) is 0 Å². The van der Waals surface area contributed by atoms with Crippen molar-refractivity contribution < 1.29 is 4.74 Å². The zero-order valence-electron chi connectivity index (χ0n) is 13.1. The summed E-state index contributed by atoms with van der Waals surface area (Å²) in [7, 11) is 1.80. The lowest BCUT2D eigenvalue weighted by molar-refractivity contribution is 0.193. The fourth-order valence-corrected chi connectivity index (χ4v) is 2.52. The topological polar surface area (TPSA) is 77.8 Å². The number of hydrogen-bond donors (Lipinski definition) is 1. The Labute approximate surface area is 130 Å². The molecule has 3 rings (SSSR count). The van der Waals surface area contributed by atoms with Crippen LogP contribution in [0, 0.1) is 0 Å². The second kappa shape index (κ2) is 6.83. The Morgan fingerprint density at radius 3 is 2.82 bits per heavy atom. The van der Waals surface area contributed by atoms with Crippen LogP contribution in [0.25, 0.3) is 11.4 Å². The van der Waals surface area contributed by atoms with E-state index in [0.29, 0.717) is 18.5 Å². The molecule has 1 aliphatic rings. The second-order valence-corrected chi connectivity index (χ2v) is 5.48. The summed E-state index contributed by atoms with van der Waals surface area (Å²) in [5.74, 6) is 2.63. The van der Waals surface area contributed by atoms with Gasteiger partial charge in [-0.05, 0) is 12.8 Å². The van der Waals surface area contributed by atoms with Crippen molar-refractivity contribution in [1.82, 2.24) is 24.7 Å². The SMILES string of the molecule is CCCCn1nc([C@H]2CCOC2)nc1-c1cnc(NC)nc1. The van der Waals surface area contributed by atoms with Crippen molar-refractivity contribution in [3.8, 4) is 11.4 Å². The van der Waals surface area contributed by atoms with Crippen LogP contribution >= 0.6 is 0 Å². The van der Waals surface area contributed by atoms with E-state index in [4.69, 9.17) is 14.8 Å². The maximum atomic E-state index is 5.46. The average Bonchev–Trinajstić information content (AvgIpc) is 3.22. The van der Waals surface area contributed by atoms with Gasteiger partial charge in [-0.25, -0.2) is 19.6 Å². The maximum Gasteiger partial charge on any atom is 0.222 e. The van der Waals surface area contributed by atoms with Gasteiger partial charge >= 0.3 is 0 Å². The van der Waals surface area contributed by atoms with Crippen LogP contribution < -0.4 is 5.32 Å². The summed E-state index contributed by atoms with van der Waals surface area (Å²) in [6, 6.07) is 0. The van der Waals surface area contributed by atoms with E-state index in [1.807, 2.05) is 4.68 Å². The largest absolute Gasteiger partial charge is 0.381 e. The number of nitrogens with zero attached hydrogens (tertiary/aromatic N) is 5. The van der Waals surface area contributed by atoms with Crippen LogP contribution in [0.2, 0.25) is 0 Å². The molecule has 7 heteroatoms. The van der Waals surface area contributed by atoms with Crippen LogP contribution in [-0.4, -0.2) is 45.0 Å². The minimum Gasteiger partial charge on any atom is -0.381 e. The molecule has 0 aromatic carbocycles. The van der Waals surface area contributed by atoms with Crippen molar-refractivity contribution in [2.75, 3.05) is 25.6 Å². The number of nitrogens with one attached hydrogen (secondary N) is 1. The Morgan fingerprint density at radius 1 is 1.36 bits per heavy atom. The quantitative estimate of drug-likeness (QED) is 0.880. The molecule has 0 amide bonds. The summed E-state index contributed by atoms with van der Waals surface area (Å²) < 4.78 is 7.44. The van der Waals surface area contributed by atoms with Crippen LogP contribution in [0.3, 0.4) is 0 Å². The van der Waals surface area contributed by atoms with Gasteiger partial charge in [-0.3, -0.25) is 0 Å². The maximum absolute atomic E-state index is 5.46. The Balaban J connectivity index is 1.91. The molecular weight excluding hydrogens is 280 g/mol. The third kappa shape index (κ3) is 3.09. The standard InChI is InChI=1S/C15H22N6O/c1-3-4-6-21-14(12-8-17-15(16-2)18-9-12)19-13(20-21)11-5-7-22-10-11/h8-9,11H,3-7,10H2,1-2H3,(H,16,17,18)/t11-/m0/s1. The molecule has 3 heterocycles. The molecule has 1 aliphatic heterocycles. The molecule has 0 bridgehead atoms. The molecule has 2 aromatic heterocycles. The van der Waals surface area contributed by atoms with Gasteiger partial charge < -0.3 is 10.1 Å². The summed E-state index contributed by atoms with van der Waals surface area (Å²) >= 11 is 0. The highest BCUT2D eigenvalue weighted by Gasteiger charge is 2.24. The van der Waals surface area contributed by atoms with E-state index >= 15 is 0 Å². The van der Waals surface area contributed by atoms with Crippen molar-refractivity contribution in [2.24, 2.45) is 0 Å². The van der Waals surface area contributed by atoms with E-state index < -0.39 is 0 Å². The Bertz CT molecular complexity index is 603. The molecular formula is C15H22N6O. The van der Waals surface area contributed by atoms with Gasteiger partial charge in [0, 0.05) is 38.5 Å². The molecule has 0 radical (unpaired) electrons. The van der Waals surface area contributed by atoms with Gasteiger partial charge in [0.1, 0.15) is 0 Å². The van der Waals surface area contributed by atoms with Crippen LogP contribution in [0.4, 0.5) is 5.95 Å². The lowest BCUT2D eigenvalue weighted by atomic mass is 10.1. The highest BCUT2D eigenvalue weighted by atomic mass is 16.5. The summed E-state index contributed by atoms with van der Waals surface area (Å²) in [6.07, 6.45) is 6.77. The van der Waals surface area contributed by atoms with Gasteiger partial charge in [0.2, 0.25) is 5.95 Å². The van der Waals surface area contributed by atoms with E-state index in [-0.39, 0.29) is 0 Å². The van der Waals surface area contributed by atoms with Gasteiger partial charge in [0.25, 0.3) is 0 Å². The molecule has 0 unspecified atom stereocenters.